The molecule has 0 saturated carbocycles. The zero-order valence-corrected chi connectivity index (χ0v) is 17.1. The van der Waals surface area contributed by atoms with Crippen LogP contribution in [0, 0.1) is 5.82 Å². The van der Waals surface area contributed by atoms with Gasteiger partial charge in [-0.15, -0.1) is 0 Å². The molecular weight excluding hydrogens is 440 g/mol. The van der Waals surface area contributed by atoms with E-state index in [1.807, 2.05) is 0 Å². The Labute approximate surface area is 185 Å². The van der Waals surface area contributed by atoms with E-state index < -0.39 is 29.0 Å². The summed E-state index contributed by atoms with van der Waals surface area (Å²) in [6.07, 6.45) is -3.35. The smallest absolute Gasteiger partial charge is 0.419 e. The number of carbonyl (C=O) groups excluding carboxylic acids is 1. The Bertz CT molecular complexity index is 1370. The molecule has 33 heavy (non-hydrogen) atoms. The average molecular weight is 456 g/mol. The molecule has 0 spiro atoms. The summed E-state index contributed by atoms with van der Waals surface area (Å²) in [5, 5.41) is 3.15. The first-order valence-corrected chi connectivity index (χ1v) is 9.55. The van der Waals surface area contributed by atoms with Gasteiger partial charge in [-0.05, 0) is 48.0 Å². The minimum absolute atomic E-state index is 0.138. The number of rotatable bonds is 4. The van der Waals surface area contributed by atoms with Crippen LogP contribution in [0.5, 0.6) is 5.75 Å². The predicted molar refractivity (Wildman–Crippen MR) is 115 cm³/mol. The largest absolute Gasteiger partial charge is 0.496 e. The van der Waals surface area contributed by atoms with Gasteiger partial charge >= 0.3 is 6.18 Å². The van der Waals surface area contributed by atoms with E-state index in [0.29, 0.717) is 33.8 Å². The van der Waals surface area contributed by atoms with Gasteiger partial charge in [0.2, 0.25) is 5.95 Å². The van der Waals surface area contributed by atoms with Crippen molar-refractivity contribution in [1.29, 1.82) is 0 Å². The number of methoxy groups -OCH3 is 1. The minimum atomic E-state index is -4.92. The van der Waals surface area contributed by atoms with E-state index in [-0.39, 0.29) is 11.6 Å². The predicted octanol–water partition coefficient (Wildman–Crippen LogP) is 5.30. The summed E-state index contributed by atoms with van der Waals surface area (Å²) < 4.78 is 58.7. The molecule has 0 aliphatic heterocycles. The Morgan fingerprint density at radius 2 is 1.88 bits per heavy atom. The van der Waals surface area contributed by atoms with Crippen LogP contribution in [0.3, 0.4) is 0 Å². The first-order chi connectivity index (χ1) is 15.7. The van der Waals surface area contributed by atoms with Gasteiger partial charge in [-0.25, -0.2) is 14.4 Å². The van der Waals surface area contributed by atoms with Gasteiger partial charge < -0.3 is 15.8 Å². The van der Waals surface area contributed by atoms with Crippen LogP contribution in [-0.4, -0.2) is 23.0 Å². The van der Waals surface area contributed by atoms with E-state index in [9.17, 15) is 22.4 Å². The van der Waals surface area contributed by atoms with Crippen molar-refractivity contribution in [2.45, 2.75) is 6.18 Å². The molecule has 1 aromatic heterocycles. The molecular formula is C23H16F4N4O2. The first-order valence-electron chi connectivity index (χ1n) is 9.55. The van der Waals surface area contributed by atoms with Gasteiger partial charge in [-0.1, -0.05) is 12.1 Å². The number of amides is 1. The average Bonchev–Trinajstić information content (AvgIpc) is 2.78. The second-order valence-corrected chi connectivity index (χ2v) is 7.04. The van der Waals surface area contributed by atoms with Crippen molar-refractivity contribution in [3.63, 3.8) is 0 Å². The standard InChI is InChI=1S/C23H16F4N4O2/c1-33-19-8-6-14(30-21(32)15-3-2-4-17(20(15)24)23(25,26)27)10-16(19)12-5-7-18-13(9-12)11-29-22(28)31-18/h2-11H,1H3,(H,30,32)(H2,28,29,31). The highest BCUT2D eigenvalue weighted by Gasteiger charge is 2.35. The number of nitrogens with two attached hydrogens (primary N) is 1. The molecule has 3 aromatic carbocycles. The zero-order chi connectivity index (χ0) is 23.8. The SMILES string of the molecule is COc1ccc(NC(=O)c2cccc(C(F)(F)F)c2F)cc1-c1ccc2nc(N)ncc2c1. The summed E-state index contributed by atoms with van der Waals surface area (Å²) in [5.41, 5.74) is 5.53. The first kappa shape index (κ1) is 22.0. The molecule has 1 amide bonds. The zero-order valence-electron chi connectivity index (χ0n) is 17.1. The maximum absolute atomic E-state index is 14.3. The number of nitrogens with zero attached hydrogens (tertiary/aromatic N) is 2. The number of hydrogen-bond donors (Lipinski definition) is 2. The molecule has 0 bridgehead atoms. The van der Waals surface area contributed by atoms with Crippen molar-refractivity contribution < 1.29 is 27.1 Å². The number of fused-ring (bicyclic) bond motifs is 1. The molecule has 10 heteroatoms. The van der Waals surface area contributed by atoms with E-state index in [2.05, 4.69) is 15.3 Å². The van der Waals surface area contributed by atoms with Crippen molar-refractivity contribution >= 4 is 28.4 Å². The Morgan fingerprint density at radius 1 is 1.09 bits per heavy atom. The van der Waals surface area contributed by atoms with Crippen LogP contribution in [0.2, 0.25) is 0 Å². The monoisotopic (exact) mass is 456 g/mol. The number of aromatic nitrogens is 2. The highest BCUT2D eigenvalue weighted by Crippen LogP contribution is 2.35. The van der Waals surface area contributed by atoms with Gasteiger partial charge in [-0.3, -0.25) is 4.79 Å². The number of carbonyl (C=O) groups is 1. The number of ether oxygens (including phenoxy) is 1. The third kappa shape index (κ3) is 4.40. The van der Waals surface area contributed by atoms with Crippen LogP contribution < -0.4 is 15.8 Å². The summed E-state index contributed by atoms with van der Waals surface area (Å²) in [7, 11) is 1.47. The van der Waals surface area contributed by atoms with Gasteiger partial charge in [0, 0.05) is 22.8 Å². The molecule has 0 saturated heterocycles. The van der Waals surface area contributed by atoms with Gasteiger partial charge in [0.1, 0.15) is 11.6 Å². The van der Waals surface area contributed by atoms with Gasteiger partial charge in [0.25, 0.3) is 5.91 Å². The fraction of sp³-hybridized carbons (Fsp3) is 0.0870. The summed E-state index contributed by atoms with van der Waals surface area (Å²) in [5.74, 6) is -2.03. The molecule has 4 aromatic rings. The van der Waals surface area contributed by atoms with Crippen LogP contribution in [0.4, 0.5) is 29.2 Å². The molecule has 3 N–H and O–H groups in total. The lowest BCUT2D eigenvalue weighted by molar-refractivity contribution is -0.140. The van der Waals surface area contributed by atoms with Gasteiger partial charge in [0.05, 0.1) is 23.8 Å². The van der Waals surface area contributed by atoms with Crippen LogP contribution in [0.25, 0.3) is 22.0 Å². The Hall–Kier alpha value is -4.21. The van der Waals surface area contributed by atoms with E-state index in [1.54, 1.807) is 36.5 Å². The molecule has 4 rings (SSSR count). The fourth-order valence-electron chi connectivity index (χ4n) is 3.35. The molecule has 0 fully saturated rings. The van der Waals surface area contributed by atoms with E-state index >= 15 is 0 Å². The quantitative estimate of drug-likeness (QED) is 0.407. The number of alkyl halides is 3. The van der Waals surface area contributed by atoms with E-state index in [4.69, 9.17) is 10.5 Å². The van der Waals surface area contributed by atoms with E-state index in [0.717, 1.165) is 12.1 Å². The van der Waals surface area contributed by atoms with Crippen LogP contribution in [0.1, 0.15) is 15.9 Å². The third-order valence-corrected chi connectivity index (χ3v) is 4.92. The van der Waals surface area contributed by atoms with Crippen molar-refractivity contribution in [3.05, 3.63) is 77.7 Å². The number of benzene rings is 3. The lowest BCUT2D eigenvalue weighted by atomic mass is 10.0. The Kier molecular flexibility index (Phi) is 5.59. The molecule has 0 aliphatic rings. The highest BCUT2D eigenvalue weighted by atomic mass is 19.4. The van der Waals surface area contributed by atoms with Crippen LogP contribution in [0.15, 0.2) is 60.8 Å². The number of anilines is 2. The summed E-state index contributed by atoms with van der Waals surface area (Å²) in [6.45, 7) is 0. The van der Waals surface area contributed by atoms with Crippen molar-refractivity contribution in [3.8, 4) is 16.9 Å². The molecule has 1 heterocycles. The van der Waals surface area contributed by atoms with Crippen molar-refractivity contribution in [2.24, 2.45) is 0 Å². The summed E-state index contributed by atoms with van der Waals surface area (Å²) in [4.78, 5) is 20.7. The maximum atomic E-state index is 14.3. The highest BCUT2D eigenvalue weighted by molar-refractivity contribution is 6.05. The molecule has 6 nitrogen and oxygen atoms in total. The van der Waals surface area contributed by atoms with Crippen molar-refractivity contribution in [1.82, 2.24) is 9.97 Å². The number of halogens is 4. The Morgan fingerprint density at radius 3 is 2.61 bits per heavy atom. The third-order valence-electron chi connectivity index (χ3n) is 4.92. The minimum Gasteiger partial charge on any atom is -0.496 e. The topological polar surface area (TPSA) is 90.1 Å². The maximum Gasteiger partial charge on any atom is 0.419 e. The van der Waals surface area contributed by atoms with Crippen molar-refractivity contribution in [2.75, 3.05) is 18.2 Å². The number of hydrogen-bond acceptors (Lipinski definition) is 5. The van der Waals surface area contributed by atoms with Crippen LogP contribution in [-0.2, 0) is 6.18 Å². The normalized spacial score (nSPS) is 11.4. The lowest BCUT2D eigenvalue weighted by Gasteiger charge is -2.14. The Balaban J connectivity index is 1.69. The summed E-state index contributed by atoms with van der Waals surface area (Å²) in [6, 6.07) is 12.5. The second-order valence-electron chi connectivity index (χ2n) is 7.04. The number of nitrogen functional groups attached to an aromatic ring is 1. The summed E-state index contributed by atoms with van der Waals surface area (Å²) >= 11 is 0. The fourth-order valence-corrected chi connectivity index (χ4v) is 3.35. The van der Waals surface area contributed by atoms with Gasteiger partial charge in [0.15, 0.2) is 0 Å². The number of nitrogens with one attached hydrogen (secondary N) is 1. The van der Waals surface area contributed by atoms with E-state index in [1.165, 1.54) is 13.2 Å². The molecule has 0 radical (unpaired) electrons. The van der Waals surface area contributed by atoms with Gasteiger partial charge in [-0.2, -0.15) is 13.2 Å². The lowest BCUT2D eigenvalue weighted by Crippen LogP contribution is -2.17. The van der Waals surface area contributed by atoms with Crippen LogP contribution >= 0.6 is 0 Å². The molecule has 168 valence electrons. The molecule has 0 aliphatic carbocycles. The second kappa shape index (κ2) is 8.38. The molecule has 0 atom stereocenters. The molecule has 0 unspecified atom stereocenters.